The van der Waals surface area contributed by atoms with Crippen molar-refractivity contribution in [2.45, 2.75) is 26.2 Å². The van der Waals surface area contributed by atoms with Gasteiger partial charge in [0.05, 0.1) is 0 Å². The van der Waals surface area contributed by atoms with Crippen LogP contribution in [-0.4, -0.2) is 37.6 Å². The van der Waals surface area contributed by atoms with E-state index in [-0.39, 0.29) is 0 Å². The molecule has 0 saturated heterocycles. The summed E-state index contributed by atoms with van der Waals surface area (Å²) in [6, 6.07) is 16.9. The van der Waals surface area contributed by atoms with Gasteiger partial charge in [0.25, 0.3) is 0 Å². The van der Waals surface area contributed by atoms with Crippen LogP contribution in [0.15, 0.2) is 48.5 Å². The number of likely N-dealkylation sites (N-methyl/N-ethyl adjacent to an activating group) is 1. The second kappa shape index (κ2) is 8.32. The van der Waals surface area contributed by atoms with Crippen molar-refractivity contribution in [3.63, 3.8) is 0 Å². The first-order chi connectivity index (χ1) is 11.8. The molecule has 1 heterocycles. The lowest BCUT2D eigenvalue weighted by molar-refractivity contribution is 0.302. The van der Waals surface area contributed by atoms with Crippen molar-refractivity contribution in [2.24, 2.45) is 0 Å². The van der Waals surface area contributed by atoms with Crippen molar-refractivity contribution in [2.75, 3.05) is 32.7 Å². The fourth-order valence-electron chi connectivity index (χ4n) is 3.47. The average Bonchev–Trinajstić information content (AvgIpc) is 2.64. The molecule has 3 heteroatoms. The predicted octanol–water partition coefficient (Wildman–Crippen LogP) is 4.25. The van der Waals surface area contributed by atoms with Gasteiger partial charge in [0.2, 0.25) is 0 Å². The SMILES string of the molecule is CCN(CC)CCNCCC1c2ccccc2Oc2ccccc21. The van der Waals surface area contributed by atoms with Crippen LogP contribution in [-0.2, 0) is 0 Å². The molecule has 0 unspecified atom stereocenters. The van der Waals surface area contributed by atoms with Gasteiger partial charge in [-0.1, -0.05) is 50.2 Å². The Hall–Kier alpha value is -1.84. The van der Waals surface area contributed by atoms with Gasteiger partial charge in [-0.05, 0) is 38.2 Å². The molecule has 0 aromatic heterocycles. The quantitative estimate of drug-likeness (QED) is 0.735. The third-order valence-electron chi connectivity index (χ3n) is 4.92. The Balaban J connectivity index is 1.63. The number of para-hydroxylation sites is 2. The summed E-state index contributed by atoms with van der Waals surface area (Å²) in [6.07, 6.45) is 1.09. The minimum atomic E-state index is 0.409. The van der Waals surface area contributed by atoms with Gasteiger partial charge < -0.3 is 15.0 Å². The first-order valence-electron chi connectivity index (χ1n) is 9.12. The first kappa shape index (κ1) is 17.0. The first-order valence-corrected chi connectivity index (χ1v) is 9.12. The van der Waals surface area contributed by atoms with Crippen molar-refractivity contribution < 1.29 is 4.74 Å². The highest BCUT2D eigenvalue weighted by molar-refractivity contribution is 5.53. The monoisotopic (exact) mass is 324 g/mol. The fraction of sp³-hybridized carbons (Fsp3) is 0.429. The highest BCUT2D eigenvalue weighted by Gasteiger charge is 2.26. The molecule has 3 rings (SSSR count). The molecule has 0 fully saturated rings. The normalized spacial score (nSPS) is 13.5. The molecule has 1 aliphatic rings. The molecule has 0 bridgehead atoms. The molecule has 0 amide bonds. The zero-order valence-corrected chi connectivity index (χ0v) is 14.8. The predicted molar refractivity (Wildman–Crippen MR) is 100 cm³/mol. The van der Waals surface area contributed by atoms with Gasteiger partial charge in [-0.2, -0.15) is 0 Å². The van der Waals surface area contributed by atoms with Crippen LogP contribution in [0.5, 0.6) is 11.5 Å². The summed E-state index contributed by atoms with van der Waals surface area (Å²) in [5.74, 6) is 2.42. The minimum absolute atomic E-state index is 0.409. The third-order valence-corrected chi connectivity index (χ3v) is 4.92. The van der Waals surface area contributed by atoms with E-state index in [1.165, 1.54) is 11.1 Å². The fourth-order valence-corrected chi connectivity index (χ4v) is 3.47. The van der Waals surface area contributed by atoms with Crippen molar-refractivity contribution in [3.05, 3.63) is 59.7 Å². The van der Waals surface area contributed by atoms with Crippen molar-refractivity contribution in [1.29, 1.82) is 0 Å². The van der Waals surface area contributed by atoms with Crippen LogP contribution in [0, 0.1) is 0 Å². The van der Waals surface area contributed by atoms with Crippen molar-refractivity contribution in [3.8, 4) is 11.5 Å². The maximum atomic E-state index is 6.07. The van der Waals surface area contributed by atoms with Crippen LogP contribution in [0.4, 0.5) is 0 Å². The lowest BCUT2D eigenvalue weighted by atomic mass is 9.85. The highest BCUT2D eigenvalue weighted by atomic mass is 16.5. The average molecular weight is 324 g/mol. The highest BCUT2D eigenvalue weighted by Crippen LogP contribution is 2.45. The van der Waals surface area contributed by atoms with E-state index in [4.69, 9.17) is 4.74 Å². The van der Waals surface area contributed by atoms with Crippen LogP contribution in [0.1, 0.15) is 37.3 Å². The van der Waals surface area contributed by atoms with E-state index in [1.807, 2.05) is 12.1 Å². The topological polar surface area (TPSA) is 24.5 Å². The van der Waals surface area contributed by atoms with E-state index in [0.717, 1.165) is 50.6 Å². The lowest BCUT2D eigenvalue weighted by Crippen LogP contribution is -2.32. The van der Waals surface area contributed by atoms with Crippen molar-refractivity contribution in [1.82, 2.24) is 10.2 Å². The smallest absolute Gasteiger partial charge is 0.131 e. The standard InChI is InChI=1S/C21H28N2O/c1-3-23(4-2)16-15-22-14-13-17-18-9-5-7-11-20(18)24-21-12-8-6-10-19(17)21/h5-12,17,22H,3-4,13-16H2,1-2H3. The number of rotatable bonds is 8. The molecule has 0 radical (unpaired) electrons. The molecule has 0 aliphatic carbocycles. The Morgan fingerprint density at radius 1 is 0.875 bits per heavy atom. The maximum Gasteiger partial charge on any atom is 0.131 e. The van der Waals surface area contributed by atoms with Gasteiger partial charge in [-0.25, -0.2) is 0 Å². The largest absolute Gasteiger partial charge is 0.457 e. The molecular formula is C21H28N2O. The molecule has 24 heavy (non-hydrogen) atoms. The van der Waals surface area contributed by atoms with Crippen molar-refractivity contribution >= 4 is 0 Å². The van der Waals surface area contributed by atoms with Gasteiger partial charge in [0.1, 0.15) is 11.5 Å². The number of nitrogens with one attached hydrogen (secondary N) is 1. The Morgan fingerprint density at radius 2 is 1.46 bits per heavy atom. The third kappa shape index (κ3) is 3.80. The number of hydrogen-bond acceptors (Lipinski definition) is 3. The van der Waals surface area contributed by atoms with Gasteiger partial charge >= 0.3 is 0 Å². The van der Waals surface area contributed by atoms with Crippen LogP contribution >= 0.6 is 0 Å². The molecule has 1 aliphatic heterocycles. The molecule has 2 aromatic carbocycles. The van der Waals surface area contributed by atoms with Crippen LogP contribution in [0.3, 0.4) is 0 Å². The summed E-state index contributed by atoms with van der Waals surface area (Å²) in [6.45, 7) is 9.88. The number of nitrogens with zero attached hydrogens (tertiary/aromatic N) is 1. The Bertz CT molecular complexity index is 606. The second-order valence-electron chi connectivity index (χ2n) is 6.30. The van der Waals surface area contributed by atoms with Gasteiger partial charge in [0, 0.05) is 30.1 Å². The van der Waals surface area contributed by atoms with E-state index >= 15 is 0 Å². The summed E-state index contributed by atoms with van der Waals surface area (Å²) < 4.78 is 6.07. The maximum absolute atomic E-state index is 6.07. The molecule has 1 N–H and O–H groups in total. The van der Waals surface area contributed by atoms with Gasteiger partial charge in [0.15, 0.2) is 0 Å². The number of benzene rings is 2. The summed E-state index contributed by atoms with van der Waals surface area (Å²) in [7, 11) is 0. The number of ether oxygens (including phenoxy) is 1. The zero-order chi connectivity index (χ0) is 16.8. The molecular weight excluding hydrogens is 296 g/mol. The van der Waals surface area contributed by atoms with Gasteiger partial charge in [-0.15, -0.1) is 0 Å². The number of hydrogen-bond donors (Lipinski definition) is 1. The summed E-state index contributed by atoms with van der Waals surface area (Å²) in [4.78, 5) is 2.45. The van der Waals surface area contributed by atoms with E-state index < -0.39 is 0 Å². The van der Waals surface area contributed by atoms with Crippen LogP contribution < -0.4 is 10.1 Å². The Kier molecular flexibility index (Phi) is 5.89. The van der Waals surface area contributed by atoms with E-state index in [1.54, 1.807) is 0 Å². The van der Waals surface area contributed by atoms with Crippen LogP contribution in [0.25, 0.3) is 0 Å². The molecule has 0 atom stereocenters. The van der Waals surface area contributed by atoms with E-state index in [2.05, 4.69) is 60.5 Å². The van der Waals surface area contributed by atoms with Gasteiger partial charge in [-0.3, -0.25) is 0 Å². The van der Waals surface area contributed by atoms with E-state index in [9.17, 15) is 0 Å². The molecule has 0 saturated carbocycles. The number of fused-ring (bicyclic) bond motifs is 2. The molecule has 0 spiro atoms. The Labute approximate surface area is 145 Å². The molecule has 128 valence electrons. The summed E-state index contributed by atoms with van der Waals surface area (Å²) in [5.41, 5.74) is 2.61. The Morgan fingerprint density at radius 3 is 2.04 bits per heavy atom. The lowest BCUT2D eigenvalue weighted by Gasteiger charge is -2.28. The minimum Gasteiger partial charge on any atom is -0.457 e. The molecule has 3 nitrogen and oxygen atoms in total. The van der Waals surface area contributed by atoms with Crippen LogP contribution in [0.2, 0.25) is 0 Å². The summed E-state index contributed by atoms with van der Waals surface area (Å²) in [5, 5.41) is 3.61. The van der Waals surface area contributed by atoms with E-state index in [0.29, 0.717) is 5.92 Å². The summed E-state index contributed by atoms with van der Waals surface area (Å²) >= 11 is 0. The zero-order valence-electron chi connectivity index (χ0n) is 14.8. The second-order valence-corrected chi connectivity index (χ2v) is 6.30. The molecule has 2 aromatic rings.